The number of halogens is 1. The van der Waals surface area contributed by atoms with Crippen LogP contribution in [0.5, 0.6) is 0 Å². The highest BCUT2D eigenvalue weighted by molar-refractivity contribution is 4.92. The first-order chi connectivity index (χ1) is 10.3. The molecule has 130 valence electrons. The smallest absolute Gasteiger partial charge is 0.187 e. The van der Waals surface area contributed by atoms with Crippen molar-refractivity contribution in [3.63, 3.8) is 0 Å². The molecule has 0 amide bonds. The summed E-state index contributed by atoms with van der Waals surface area (Å²) >= 11 is 0. The van der Waals surface area contributed by atoms with Crippen molar-refractivity contribution in [2.45, 2.75) is 68.3 Å². The first kappa shape index (κ1) is 17.9. The molecule has 0 bridgehead atoms. The molecule has 0 aromatic rings. The summed E-state index contributed by atoms with van der Waals surface area (Å²) in [6.07, 6.45) is -15.0. The van der Waals surface area contributed by atoms with Crippen molar-refractivity contribution in [1.29, 1.82) is 0 Å². The number of alkyl halides is 1. The summed E-state index contributed by atoms with van der Waals surface area (Å²) in [7, 11) is 0. The Balaban J connectivity index is 2.06. The maximum Gasteiger partial charge on any atom is 0.187 e. The number of rotatable bonds is 3. The number of ether oxygens (including phenoxy) is 3. The van der Waals surface area contributed by atoms with E-state index in [9.17, 15) is 35.0 Å². The summed E-state index contributed by atoms with van der Waals surface area (Å²) in [5.74, 6) is 0. The molecular weight excluding hydrogens is 307 g/mol. The molecule has 0 aromatic heterocycles. The third-order valence-corrected chi connectivity index (χ3v) is 3.91. The van der Waals surface area contributed by atoms with Gasteiger partial charge in [0.25, 0.3) is 0 Å². The van der Waals surface area contributed by atoms with Crippen LogP contribution in [0.2, 0.25) is 0 Å². The highest BCUT2D eigenvalue weighted by Crippen LogP contribution is 2.28. The molecular formula is C12H21FO9. The summed E-state index contributed by atoms with van der Waals surface area (Å²) in [6, 6.07) is 0. The molecule has 2 fully saturated rings. The van der Waals surface area contributed by atoms with Crippen LogP contribution in [0.15, 0.2) is 0 Å². The van der Waals surface area contributed by atoms with E-state index in [2.05, 4.69) is 0 Å². The predicted octanol–water partition coefficient (Wildman–Crippen LogP) is -3.39. The van der Waals surface area contributed by atoms with Crippen LogP contribution in [0, 0.1) is 0 Å². The second kappa shape index (κ2) is 6.99. The lowest BCUT2D eigenvalue weighted by Crippen LogP contribution is -2.63. The van der Waals surface area contributed by atoms with Gasteiger partial charge in [-0.05, 0) is 6.92 Å². The Morgan fingerprint density at radius 3 is 2.09 bits per heavy atom. The van der Waals surface area contributed by atoms with Crippen molar-refractivity contribution < 1.29 is 49.2 Å². The number of aliphatic hydroxyl groups is 6. The van der Waals surface area contributed by atoms with Crippen LogP contribution in [0.3, 0.4) is 0 Å². The highest BCUT2D eigenvalue weighted by Gasteiger charge is 2.49. The van der Waals surface area contributed by atoms with Crippen molar-refractivity contribution in [2.75, 3.05) is 6.67 Å². The highest BCUT2D eigenvalue weighted by atomic mass is 19.1. The fourth-order valence-corrected chi connectivity index (χ4v) is 2.48. The van der Waals surface area contributed by atoms with Gasteiger partial charge in [0.05, 0.1) is 6.10 Å². The summed E-state index contributed by atoms with van der Waals surface area (Å²) in [5.41, 5.74) is 0. The second-order valence-corrected chi connectivity index (χ2v) is 5.48. The molecule has 1 unspecified atom stereocenters. The summed E-state index contributed by atoms with van der Waals surface area (Å²) in [6.45, 7) is 0.306. The maximum atomic E-state index is 12.6. The van der Waals surface area contributed by atoms with E-state index in [0.29, 0.717) is 0 Å². The van der Waals surface area contributed by atoms with E-state index < -0.39 is 68.1 Å². The van der Waals surface area contributed by atoms with Crippen molar-refractivity contribution in [2.24, 2.45) is 0 Å². The molecule has 2 saturated heterocycles. The Morgan fingerprint density at radius 1 is 0.864 bits per heavy atom. The van der Waals surface area contributed by atoms with Crippen molar-refractivity contribution in [3.05, 3.63) is 0 Å². The Labute approximate surface area is 125 Å². The molecule has 0 radical (unpaired) electrons. The van der Waals surface area contributed by atoms with E-state index in [0.717, 1.165) is 0 Å². The van der Waals surface area contributed by atoms with Gasteiger partial charge in [0.1, 0.15) is 49.4 Å². The number of hydrogen-bond donors (Lipinski definition) is 6. The Bertz CT molecular complexity index is 373. The minimum absolute atomic E-state index is 0.884. The van der Waals surface area contributed by atoms with Gasteiger partial charge in [-0.25, -0.2) is 4.39 Å². The zero-order valence-electron chi connectivity index (χ0n) is 11.8. The molecule has 0 aromatic carbocycles. The maximum absolute atomic E-state index is 12.6. The Kier molecular flexibility index (Phi) is 5.69. The quantitative estimate of drug-likeness (QED) is 0.312. The zero-order chi connectivity index (χ0) is 16.6. The molecule has 22 heavy (non-hydrogen) atoms. The van der Waals surface area contributed by atoms with E-state index in [1.807, 2.05) is 0 Å². The van der Waals surface area contributed by atoms with Crippen LogP contribution in [-0.2, 0) is 14.2 Å². The average molecular weight is 328 g/mol. The van der Waals surface area contributed by atoms with Gasteiger partial charge < -0.3 is 44.8 Å². The first-order valence-corrected chi connectivity index (χ1v) is 6.88. The lowest BCUT2D eigenvalue weighted by Gasteiger charge is -2.44. The van der Waals surface area contributed by atoms with Gasteiger partial charge in [0.2, 0.25) is 0 Å². The lowest BCUT2D eigenvalue weighted by atomic mass is 9.98. The summed E-state index contributed by atoms with van der Waals surface area (Å²) < 4.78 is 27.7. The van der Waals surface area contributed by atoms with E-state index >= 15 is 0 Å². The molecule has 0 aliphatic carbocycles. The topological polar surface area (TPSA) is 149 Å². The normalized spacial score (nSPS) is 53.5. The Hall–Kier alpha value is -0.430. The minimum Gasteiger partial charge on any atom is -0.388 e. The standard InChI is InChI=1S/C12H21FO9/c1-3-5(14)7(16)9(18)12(20-3)22-10-8(17)6(15)4(2-13)21-11(10)19/h3-12,14-19H,2H2,1H3/t3-,4+,5-,6-,7+,8-,9+,10+,11?,12-/m0/s1. The Morgan fingerprint density at radius 2 is 1.50 bits per heavy atom. The molecule has 2 heterocycles. The van der Waals surface area contributed by atoms with Gasteiger partial charge in [-0.3, -0.25) is 0 Å². The SMILES string of the molecule is C[C@@H]1O[C@@H](O[C@H]2C(O)O[C@H](CF)[C@H](O)[C@@H]2O)[C@H](O)[C@H](O)[C@H]1O. The van der Waals surface area contributed by atoms with Crippen molar-refractivity contribution in [1.82, 2.24) is 0 Å². The van der Waals surface area contributed by atoms with Crippen LogP contribution in [0.25, 0.3) is 0 Å². The molecule has 0 spiro atoms. The van der Waals surface area contributed by atoms with Crippen LogP contribution in [-0.4, -0.2) is 98.7 Å². The van der Waals surface area contributed by atoms with Crippen LogP contribution >= 0.6 is 0 Å². The van der Waals surface area contributed by atoms with Crippen LogP contribution in [0.1, 0.15) is 6.92 Å². The molecule has 10 heteroatoms. The molecule has 9 nitrogen and oxygen atoms in total. The van der Waals surface area contributed by atoms with Gasteiger partial charge in [0.15, 0.2) is 12.6 Å². The summed E-state index contributed by atoms with van der Waals surface area (Å²) in [4.78, 5) is 0. The molecule has 6 N–H and O–H groups in total. The van der Waals surface area contributed by atoms with Crippen LogP contribution < -0.4 is 0 Å². The monoisotopic (exact) mass is 328 g/mol. The third-order valence-electron chi connectivity index (χ3n) is 3.91. The summed E-state index contributed by atoms with van der Waals surface area (Å²) in [5, 5.41) is 58.3. The van der Waals surface area contributed by atoms with Crippen LogP contribution in [0.4, 0.5) is 4.39 Å². The fourth-order valence-electron chi connectivity index (χ4n) is 2.48. The molecule has 2 aliphatic heterocycles. The van der Waals surface area contributed by atoms with Gasteiger partial charge in [-0.1, -0.05) is 0 Å². The first-order valence-electron chi connectivity index (χ1n) is 6.88. The molecule has 2 aliphatic rings. The fraction of sp³-hybridized carbons (Fsp3) is 1.00. The van der Waals surface area contributed by atoms with Gasteiger partial charge in [-0.2, -0.15) is 0 Å². The average Bonchev–Trinajstić information content (AvgIpc) is 2.49. The number of hydrogen-bond acceptors (Lipinski definition) is 9. The second-order valence-electron chi connectivity index (χ2n) is 5.48. The minimum atomic E-state index is -1.77. The van der Waals surface area contributed by atoms with Gasteiger partial charge in [0, 0.05) is 0 Å². The van der Waals surface area contributed by atoms with Gasteiger partial charge in [-0.15, -0.1) is 0 Å². The molecule has 2 rings (SSSR count). The van der Waals surface area contributed by atoms with Crippen molar-refractivity contribution >= 4 is 0 Å². The molecule has 0 saturated carbocycles. The van der Waals surface area contributed by atoms with E-state index in [4.69, 9.17) is 14.2 Å². The third kappa shape index (κ3) is 3.25. The predicted molar refractivity (Wildman–Crippen MR) is 66.1 cm³/mol. The zero-order valence-corrected chi connectivity index (χ0v) is 11.8. The van der Waals surface area contributed by atoms with E-state index in [1.165, 1.54) is 6.92 Å². The van der Waals surface area contributed by atoms with Gasteiger partial charge >= 0.3 is 0 Å². The van der Waals surface area contributed by atoms with Crippen molar-refractivity contribution in [3.8, 4) is 0 Å². The lowest BCUT2D eigenvalue weighted by molar-refractivity contribution is -0.357. The van der Waals surface area contributed by atoms with E-state index in [-0.39, 0.29) is 0 Å². The number of aliphatic hydroxyl groups excluding tert-OH is 6. The van der Waals surface area contributed by atoms with E-state index in [1.54, 1.807) is 0 Å². The molecule has 10 atom stereocenters. The largest absolute Gasteiger partial charge is 0.388 e.